The van der Waals surface area contributed by atoms with Crippen LogP contribution >= 0.6 is 0 Å². The highest BCUT2D eigenvalue weighted by Crippen LogP contribution is 2.23. The smallest absolute Gasteiger partial charge is 0.393 e. The fourth-order valence-corrected chi connectivity index (χ4v) is 1.82. The highest BCUT2D eigenvalue weighted by molar-refractivity contribution is 6.21. The molecule has 106 valence electrons. The van der Waals surface area contributed by atoms with Gasteiger partial charge >= 0.3 is 12.0 Å². The zero-order valence-corrected chi connectivity index (χ0v) is 10.7. The minimum absolute atomic E-state index is 0.135. The molecule has 0 N–H and O–H groups in total. The van der Waals surface area contributed by atoms with E-state index >= 15 is 0 Å². The number of nitrogens with zero attached hydrogens (tertiary/aromatic N) is 2. The van der Waals surface area contributed by atoms with Gasteiger partial charge < -0.3 is 14.0 Å². The molecule has 1 aromatic heterocycles. The second kappa shape index (κ2) is 4.75. The van der Waals surface area contributed by atoms with Gasteiger partial charge in [0, 0.05) is 0 Å². The summed E-state index contributed by atoms with van der Waals surface area (Å²) in [5, 5.41) is 0.397. The molecule has 21 heavy (non-hydrogen) atoms. The minimum Gasteiger partial charge on any atom is -0.454 e. The number of benzene rings is 1. The van der Waals surface area contributed by atoms with Gasteiger partial charge in [0.15, 0.2) is 5.69 Å². The lowest BCUT2D eigenvalue weighted by atomic mass is 10.1. The Kier molecular flexibility index (Phi) is 2.90. The standard InChI is InChI=1S/C13H8N2O6/c1-19-13-14-9(6-20-13)12(18)21-15-10(16)7-4-2-3-5-8(7)11(15)17/h2-6H,1H3. The van der Waals surface area contributed by atoms with Crippen LogP contribution in [0.5, 0.6) is 6.08 Å². The molecule has 1 aliphatic heterocycles. The van der Waals surface area contributed by atoms with Gasteiger partial charge in [-0.2, -0.15) is 4.98 Å². The first-order valence-corrected chi connectivity index (χ1v) is 5.81. The van der Waals surface area contributed by atoms with E-state index in [-0.39, 0.29) is 22.9 Å². The number of hydrogen-bond acceptors (Lipinski definition) is 7. The number of ether oxygens (including phenoxy) is 1. The van der Waals surface area contributed by atoms with Crippen molar-refractivity contribution in [2.45, 2.75) is 0 Å². The van der Waals surface area contributed by atoms with Gasteiger partial charge in [0.1, 0.15) is 6.26 Å². The van der Waals surface area contributed by atoms with Crippen LogP contribution in [0.3, 0.4) is 0 Å². The van der Waals surface area contributed by atoms with Crippen LogP contribution < -0.4 is 4.74 Å². The van der Waals surface area contributed by atoms with Crippen LogP contribution in [0.15, 0.2) is 34.9 Å². The molecule has 8 heteroatoms. The third kappa shape index (κ3) is 2.02. The molecule has 2 amide bonds. The Bertz CT molecular complexity index is 716. The van der Waals surface area contributed by atoms with E-state index in [0.29, 0.717) is 5.06 Å². The summed E-state index contributed by atoms with van der Waals surface area (Å²) >= 11 is 0. The summed E-state index contributed by atoms with van der Waals surface area (Å²) in [7, 11) is 1.31. The van der Waals surface area contributed by atoms with Crippen molar-refractivity contribution in [2.24, 2.45) is 0 Å². The molecule has 0 spiro atoms. The quantitative estimate of drug-likeness (QED) is 0.778. The predicted molar refractivity (Wildman–Crippen MR) is 65.4 cm³/mol. The molecule has 0 radical (unpaired) electrons. The minimum atomic E-state index is -1.00. The second-order valence-electron chi connectivity index (χ2n) is 4.03. The maximum Gasteiger partial charge on any atom is 0.393 e. The van der Waals surface area contributed by atoms with E-state index in [9.17, 15) is 14.4 Å². The lowest BCUT2D eigenvalue weighted by Gasteiger charge is -2.10. The average molecular weight is 288 g/mol. The van der Waals surface area contributed by atoms with Crippen LogP contribution in [0.4, 0.5) is 0 Å². The molecule has 1 aromatic carbocycles. The number of carbonyl (C=O) groups is 3. The van der Waals surface area contributed by atoms with Crippen LogP contribution in [0.25, 0.3) is 0 Å². The lowest BCUT2D eigenvalue weighted by molar-refractivity contribution is -0.0588. The van der Waals surface area contributed by atoms with E-state index in [1.807, 2.05) is 0 Å². The van der Waals surface area contributed by atoms with Gasteiger partial charge in [-0.05, 0) is 12.1 Å². The lowest BCUT2D eigenvalue weighted by Crippen LogP contribution is -2.32. The fraction of sp³-hybridized carbons (Fsp3) is 0.0769. The van der Waals surface area contributed by atoms with E-state index in [0.717, 1.165) is 6.26 Å². The number of hydroxylamine groups is 2. The Morgan fingerprint density at radius 3 is 2.33 bits per heavy atom. The first-order valence-electron chi connectivity index (χ1n) is 5.81. The van der Waals surface area contributed by atoms with E-state index in [1.165, 1.54) is 19.2 Å². The van der Waals surface area contributed by atoms with Crippen LogP contribution in [0, 0.1) is 0 Å². The number of aromatic nitrogens is 1. The van der Waals surface area contributed by atoms with Gasteiger partial charge in [-0.25, -0.2) is 4.79 Å². The normalized spacial score (nSPS) is 13.3. The molecule has 2 heterocycles. The van der Waals surface area contributed by atoms with Gasteiger partial charge in [-0.3, -0.25) is 9.59 Å². The molecule has 8 nitrogen and oxygen atoms in total. The van der Waals surface area contributed by atoms with Crippen molar-refractivity contribution >= 4 is 17.8 Å². The predicted octanol–water partition coefficient (Wildman–Crippen LogP) is 1.05. The highest BCUT2D eigenvalue weighted by Gasteiger charge is 2.39. The number of imide groups is 1. The molecule has 0 saturated carbocycles. The van der Waals surface area contributed by atoms with Crippen LogP contribution in [-0.4, -0.2) is 34.9 Å². The number of fused-ring (bicyclic) bond motifs is 1. The topological polar surface area (TPSA) is 98.9 Å². The zero-order chi connectivity index (χ0) is 15.0. The summed E-state index contributed by atoms with van der Waals surface area (Å²) in [6.07, 6.45) is 0.864. The first kappa shape index (κ1) is 12.9. The summed E-state index contributed by atoms with van der Waals surface area (Å²) < 4.78 is 9.47. The molecule has 2 aromatic rings. The van der Waals surface area contributed by atoms with Crippen molar-refractivity contribution in [3.05, 3.63) is 47.3 Å². The molecule has 0 fully saturated rings. The number of oxazole rings is 1. The summed E-state index contributed by atoms with van der Waals surface area (Å²) in [5.41, 5.74) is 0.129. The molecule has 0 bridgehead atoms. The molecular weight excluding hydrogens is 280 g/mol. The van der Waals surface area contributed by atoms with E-state index in [2.05, 4.69) is 9.72 Å². The van der Waals surface area contributed by atoms with Crippen molar-refractivity contribution in [1.82, 2.24) is 10.0 Å². The maximum atomic E-state index is 12.0. The Balaban J connectivity index is 1.82. The molecule has 0 unspecified atom stereocenters. The first-order chi connectivity index (χ1) is 10.1. The summed E-state index contributed by atoms with van der Waals surface area (Å²) in [4.78, 5) is 44.3. The van der Waals surface area contributed by atoms with E-state index in [4.69, 9.17) is 9.25 Å². The molecule has 0 atom stereocenters. The van der Waals surface area contributed by atoms with Crippen molar-refractivity contribution in [3.8, 4) is 6.08 Å². The Labute approximate surface area is 117 Å². The van der Waals surface area contributed by atoms with Crippen molar-refractivity contribution in [3.63, 3.8) is 0 Å². The molecular formula is C13H8N2O6. The summed E-state index contributed by atoms with van der Waals surface area (Å²) in [6.45, 7) is 0. The third-order valence-corrected chi connectivity index (χ3v) is 2.80. The van der Waals surface area contributed by atoms with Gasteiger partial charge in [0.25, 0.3) is 11.8 Å². The van der Waals surface area contributed by atoms with Crippen molar-refractivity contribution in [1.29, 1.82) is 0 Å². The molecule has 3 rings (SSSR count). The van der Waals surface area contributed by atoms with Crippen LogP contribution in [-0.2, 0) is 4.84 Å². The monoisotopic (exact) mass is 288 g/mol. The molecule has 0 saturated heterocycles. The van der Waals surface area contributed by atoms with Gasteiger partial charge in [-0.1, -0.05) is 17.2 Å². The molecule has 1 aliphatic rings. The van der Waals surface area contributed by atoms with E-state index in [1.54, 1.807) is 12.1 Å². The summed E-state index contributed by atoms with van der Waals surface area (Å²) in [6, 6.07) is 6.17. The third-order valence-electron chi connectivity index (χ3n) is 2.80. The number of hydrogen-bond donors (Lipinski definition) is 0. The Morgan fingerprint density at radius 1 is 1.19 bits per heavy atom. The van der Waals surface area contributed by atoms with Crippen molar-refractivity contribution < 1.29 is 28.4 Å². The van der Waals surface area contributed by atoms with E-state index < -0.39 is 17.8 Å². The van der Waals surface area contributed by atoms with Crippen LogP contribution in [0.1, 0.15) is 31.2 Å². The second-order valence-corrected chi connectivity index (χ2v) is 4.03. The zero-order valence-electron chi connectivity index (χ0n) is 10.7. The fourth-order valence-electron chi connectivity index (χ4n) is 1.82. The van der Waals surface area contributed by atoms with Crippen LogP contribution in [0.2, 0.25) is 0 Å². The maximum absolute atomic E-state index is 12.0. The van der Waals surface area contributed by atoms with Gasteiger partial charge in [0.05, 0.1) is 18.2 Å². The number of rotatable bonds is 3. The van der Waals surface area contributed by atoms with Crippen molar-refractivity contribution in [2.75, 3.05) is 7.11 Å². The number of carbonyl (C=O) groups excluding carboxylic acids is 3. The Hall–Kier alpha value is -3.16. The largest absolute Gasteiger partial charge is 0.454 e. The molecule has 0 aliphatic carbocycles. The highest BCUT2D eigenvalue weighted by atomic mass is 16.7. The average Bonchev–Trinajstić information content (AvgIpc) is 3.07. The Morgan fingerprint density at radius 2 is 1.81 bits per heavy atom. The summed E-state index contributed by atoms with van der Waals surface area (Å²) in [5.74, 6) is -2.42. The number of methoxy groups -OCH3 is 1. The SMILES string of the molecule is COc1nc(C(=O)ON2C(=O)c3ccccc3C2=O)co1. The van der Waals surface area contributed by atoms with Gasteiger partial charge in [0.2, 0.25) is 0 Å². The number of amides is 2. The van der Waals surface area contributed by atoms with Gasteiger partial charge in [-0.15, -0.1) is 0 Å².